The Kier molecular flexibility index (Phi) is 5.33. The second kappa shape index (κ2) is 9.10. The molecule has 0 radical (unpaired) electrons. The average molecular weight is 562 g/mol. The van der Waals surface area contributed by atoms with Crippen LogP contribution in [0.2, 0.25) is 5.02 Å². The van der Waals surface area contributed by atoms with Gasteiger partial charge in [-0.05, 0) is 88.2 Å². The molecule has 1 aliphatic carbocycles. The third-order valence-corrected chi connectivity index (χ3v) is 8.54. The van der Waals surface area contributed by atoms with Crippen molar-refractivity contribution in [3.05, 3.63) is 105 Å². The lowest BCUT2D eigenvalue weighted by Gasteiger charge is -2.17. The maximum atomic E-state index is 13.7. The highest BCUT2D eigenvalue weighted by molar-refractivity contribution is 6.31. The van der Waals surface area contributed by atoms with Gasteiger partial charge in [0.1, 0.15) is 12.2 Å². The van der Waals surface area contributed by atoms with E-state index >= 15 is 0 Å². The number of tetrazole rings is 1. The highest BCUT2D eigenvalue weighted by Crippen LogP contribution is 2.38. The van der Waals surface area contributed by atoms with E-state index in [9.17, 15) is 4.79 Å². The summed E-state index contributed by atoms with van der Waals surface area (Å²) in [5.41, 5.74) is 10.1. The minimum absolute atomic E-state index is 0.0865. The molecule has 0 bridgehead atoms. The van der Waals surface area contributed by atoms with Gasteiger partial charge in [-0.25, -0.2) is 4.98 Å². The number of aryl methyl sites for hydroxylation is 2. The number of nitrogens with zero attached hydrogens (tertiary/aromatic N) is 7. The minimum Gasteiger partial charge on any atom is -0.340 e. The first kappa shape index (κ1) is 24.0. The van der Waals surface area contributed by atoms with Gasteiger partial charge in [-0.2, -0.15) is 9.78 Å². The zero-order valence-electron chi connectivity index (χ0n) is 22.0. The Balaban J connectivity index is 1.15. The number of pyridine rings is 1. The van der Waals surface area contributed by atoms with Gasteiger partial charge < -0.3 is 9.55 Å². The van der Waals surface area contributed by atoms with Crippen LogP contribution in [-0.2, 0) is 19.3 Å². The lowest BCUT2D eigenvalue weighted by Crippen LogP contribution is -2.25. The second-order valence-electron chi connectivity index (χ2n) is 10.8. The van der Waals surface area contributed by atoms with Gasteiger partial charge in [0.2, 0.25) is 0 Å². The number of hydrogen-bond acceptors (Lipinski definition) is 6. The molecule has 2 aliphatic rings. The molecular weight excluding hydrogens is 538 g/mol. The lowest BCUT2D eigenvalue weighted by molar-refractivity contribution is 0.450. The quantitative estimate of drug-likeness (QED) is 0.318. The largest absolute Gasteiger partial charge is 0.340 e. The molecule has 0 saturated carbocycles. The van der Waals surface area contributed by atoms with Gasteiger partial charge in [-0.3, -0.25) is 9.89 Å². The van der Waals surface area contributed by atoms with Gasteiger partial charge in [0, 0.05) is 27.9 Å². The van der Waals surface area contributed by atoms with E-state index in [1.54, 1.807) is 16.8 Å². The molecule has 0 unspecified atom stereocenters. The Morgan fingerprint density at radius 1 is 0.976 bits per heavy atom. The van der Waals surface area contributed by atoms with Crippen molar-refractivity contribution in [2.24, 2.45) is 5.92 Å². The van der Waals surface area contributed by atoms with Crippen molar-refractivity contribution in [2.45, 2.75) is 32.2 Å². The van der Waals surface area contributed by atoms with Crippen LogP contribution in [-0.4, -0.2) is 44.9 Å². The van der Waals surface area contributed by atoms with Gasteiger partial charge in [0.05, 0.1) is 35.5 Å². The minimum atomic E-state index is -0.191. The number of fused-ring (bicyclic) bond motifs is 4. The SMILES string of the molecule is C[C@H]1Cc2cc(-c3cc(Cl)ccc3-n3cnnn3)cc(=O)n2[C@@H]1c1ncc(-c2ccc3c(c2)CCc2cn[nH]c2-3)[nH]1. The van der Waals surface area contributed by atoms with E-state index in [1.807, 2.05) is 29.1 Å². The van der Waals surface area contributed by atoms with Crippen LogP contribution in [0.4, 0.5) is 0 Å². The summed E-state index contributed by atoms with van der Waals surface area (Å²) in [5, 5.41) is 19.5. The molecule has 0 fully saturated rings. The van der Waals surface area contributed by atoms with E-state index < -0.39 is 0 Å². The lowest BCUT2D eigenvalue weighted by atomic mass is 9.89. The van der Waals surface area contributed by atoms with Gasteiger partial charge in [-0.15, -0.1) is 5.10 Å². The van der Waals surface area contributed by atoms with E-state index in [0.717, 1.165) is 64.5 Å². The predicted octanol–water partition coefficient (Wildman–Crippen LogP) is 4.80. The number of nitrogens with one attached hydrogen (secondary N) is 2. The van der Waals surface area contributed by atoms with Gasteiger partial charge >= 0.3 is 0 Å². The monoisotopic (exact) mass is 561 g/mol. The van der Waals surface area contributed by atoms with Gasteiger partial charge in [0.15, 0.2) is 0 Å². The van der Waals surface area contributed by atoms with Crippen LogP contribution in [0.3, 0.4) is 0 Å². The fraction of sp³-hybridized carbons (Fsp3) is 0.200. The average Bonchev–Trinajstić information content (AvgIpc) is 3.79. The highest BCUT2D eigenvalue weighted by atomic mass is 35.5. The first-order chi connectivity index (χ1) is 20.0. The number of halogens is 1. The molecule has 202 valence electrons. The molecule has 2 N–H and O–H groups in total. The topological polar surface area (TPSA) is 123 Å². The van der Waals surface area contributed by atoms with E-state index in [4.69, 9.17) is 16.6 Å². The van der Waals surface area contributed by atoms with Crippen molar-refractivity contribution in [3.8, 4) is 39.3 Å². The van der Waals surface area contributed by atoms with Crippen LogP contribution in [0.25, 0.3) is 39.3 Å². The molecule has 11 heteroatoms. The number of H-pyrrole nitrogens is 2. The summed E-state index contributed by atoms with van der Waals surface area (Å²) in [5.74, 6) is 0.962. The second-order valence-corrected chi connectivity index (χ2v) is 11.2. The summed E-state index contributed by atoms with van der Waals surface area (Å²) in [4.78, 5) is 22.0. The first-order valence-corrected chi connectivity index (χ1v) is 13.9. The molecule has 0 amide bonds. The van der Waals surface area contributed by atoms with Gasteiger partial charge in [-0.1, -0.05) is 30.7 Å². The number of rotatable bonds is 4. The van der Waals surface area contributed by atoms with Crippen molar-refractivity contribution in [3.63, 3.8) is 0 Å². The Morgan fingerprint density at radius 2 is 1.88 bits per heavy atom. The number of imidazole rings is 1. The van der Waals surface area contributed by atoms with Crippen molar-refractivity contribution in [2.75, 3.05) is 0 Å². The van der Waals surface area contributed by atoms with E-state index in [2.05, 4.69) is 61.9 Å². The highest BCUT2D eigenvalue weighted by Gasteiger charge is 2.34. The molecule has 4 aromatic heterocycles. The van der Waals surface area contributed by atoms with Crippen LogP contribution < -0.4 is 5.56 Å². The maximum absolute atomic E-state index is 13.7. The maximum Gasteiger partial charge on any atom is 0.252 e. The van der Waals surface area contributed by atoms with Crippen molar-refractivity contribution in [1.29, 1.82) is 0 Å². The fourth-order valence-electron chi connectivity index (χ4n) is 6.41. The molecular formula is C30H24ClN9O. The van der Waals surface area contributed by atoms with Crippen LogP contribution in [0.15, 0.2) is 72.0 Å². The summed E-state index contributed by atoms with van der Waals surface area (Å²) in [6.45, 7) is 2.16. The Morgan fingerprint density at radius 3 is 2.76 bits per heavy atom. The molecule has 2 atom stereocenters. The third-order valence-electron chi connectivity index (χ3n) is 8.30. The standard InChI is InChI=1S/C30H24ClN9O/c1-16-8-22-10-20(24-12-21(31)5-7-26(24)39-15-34-37-38-39)11-27(41)40(22)29(16)30-32-14-25(35-30)18-4-6-23-17(9-18)2-3-19-13-33-36-28(19)23/h4-7,9-16,29H,2-3,8H2,1H3,(H,32,35)(H,33,36)/t16-,29-/m0/s1. The van der Waals surface area contributed by atoms with Crippen molar-refractivity contribution < 1.29 is 0 Å². The molecule has 10 nitrogen and oxygen atoms in total. The van der Waals surface area contributed by atoms with Crippen LogP contribution in [0.5, 0.6) is 0 Å². The predicted molar refractivity (Wildman–Crippen MR) is 154 cm³/mol. The molecule has 2 aromatic carbocycles. The van der Waals surface area contributed by atoms with Gasteiger partial charge in [0.25, 0.3) is 5.56 Å². The summed E-state index contributed by atoms with van der Waals surface area (Å²) in [6.07, 6.45) is 8.01. The molecule has 41 heavy (non-hydrogen) atoms. The normalized spacial score (nSPS) is 17.3. The third kappa shape index (κ3) is 3.86. The number of aromatic nitrogens is 9. The van der Waals surface area contributed by atoms with E-state index in [0.29, 0.717) is 5.02 Å². The zero-order chi connectivity index (χ0) is 27.7. The van der Waals surface area contributed by atoms with Crippen LogP contribution in [0, 0.1) is 5.92 Å². The van der Waals surface area contributed by atoms with Crippen molar-refractivity contribution in [1.82, 2.24) is 44.9 Å². The summed E-state index contributed by atoms with van der Waals surface area (Å²) < 4.78 is 3.44. The Hall–Kier alpha value is -4.83. The van der Waals surface area contributed by atoms with E-state index in [-0.39, 0.29) is 17.5 Å². The molecule has 0 saturated heterocycles. The van der Waals surface area contributed by atoms with Crippen LogP contribution in [0.1, 0.15) is 35.6 Å². The molecule has 6 aromatic rings. The smallest absolute Gasteiger partial charge is 0.252 e. The van der Waals surface area contributed by atoms with Crippen molar-refractivity contribution >= 4 is 11.6 Å². The number of aromatic amines is 2. The molecule has 0 spiro atoms. The molecule has 5 heterocycles. The fourth-order valence-corrected chi connectivity index (χ4v) is 6.58. The number of benzene rings is 2. The zero-order valence-corrected chi connectivity index (χ0v) is 22.8. The number of hydrogen-bond donors (Lipinski definition) is 2. The summed E-state index contributed by atoms with van der Waals surface area (Å²) in [6, 6.07) is 15.5. The van der Waals surface area contributed by atoms with Crippen LogP contribution >= 0.6 is 11.6 Å². The molecule has 1 aliphatic heterocycles. The Bertz CT molecular complexity index is 2000. The summed E-state index contributed by atoms with van der Waals surface area (Å²) >= 11 is 6.36. The van der Waals surface area contributed by atoms with E-state index in [1.165, 1.54) is 23.0 Å². The first-order valence-electron chi connectivity index (χ1n) is 13.5. The summed E-state index contributed by atoms with van der Waals surface area (Å²) in [7, 11) is 0. The molecule has 8 rings (SSSR count). The Labute approximate surface area is 239 Å².